The van der Waals surface area contributed by atoms with Crippen molar-refractivity contribution in [2.24, 2.45) is 0 Å². The molecule has 2 unspecified atom stereocenters. The molecule has 2 atom stereocenters. The van der Waals surface area contributed by atoms with Gasteiger partial charge in [0.2, 0.25) is 0 Å². The lowest BCUT2D eigenvalue weighted by Crippen LogP contribution is -2.46. The number of hydrogen-bond acceptors (Lipinski definition) is 2. The third-order valence-corrected chi connectivity index (χ3v) is 5.44. The Morgan fingerprint density at radius 1 is 1.21 bits per heavy atom. The summed E-state index contributed by atoms with van der Waals surface area (Å²) < 4.78 is 1.02. The Bertz CT molecular complexity index is 731. The van der Waals surface area contributed by atoms with Crippen molar-refractivity contribution in [2.45, 2.75) is 38.3 Å². The molecule has 0 saturated carbocycles. The Kier molecular flexibility index (Phi) is 5.36. The van der Waals surface area contributed by atoms with Gasteiger partial charge in [0.05, 0.1) is 6.04 Å². The summed E-state index contributed by atoms with van der Waals surface area (Å²) in [7, 11) is 0. The molecule has 0 aliphatic carbocycles. The molecule has 1 saturated heterocycles. The Balaban J connectivity index is 2.11. The molecular formula is C20H22BrNO2. The number of carboxylic acids is 1. The van der Waals surface area contributed by atoms with Crippen LogP contribution in [0.1, 0.15) is 42.0 Å². The lowest BCUT2D eigenvalue weighted by Gasteiger charge is -2.40. The van der Waals surface area contributed by atoms with E-state index in [1.54, 1.807) is 0 Å². The van der Waals surface area contributed by atoms with Crippen molar-refractivity contribution in [1.82, 2.24) is 4.90 Å². The molecule has 0 radical (unpaired) electrons. The molecule has 0 spiro atoms. The van der Waals surface area contributed by atoms with Gasteiger partial charge in [-0.05, 0) is 43.5 Å². The van der Waals surface area contributed by atoms with Crippen LogP contribution in [-0.4, -0.2) is 28.6 Å². The van der Waals surface area contributed by atoms with Crippen LogP contribution in [0.25, 0.3) is 0 Å². The summed E-state index contributed by atoms with van der Waals surface area (Å²) in [5.74, 6) is -0.723. The van der Waals surface area contributed by atoms with Crippen molar-refractivity contribution < 1.29 is 9.90 Å². The lowest BCUT2D eigenvalue weighted by atomic mass is 9.91. The number of halogens is 1. The van der Waals surface area contributed by atoms with Gasteiger partial charge in [-0.1, -0.05) is 70.4 Å². The molecule has 3 nitrogen and oxygen atoms in total. The number of carbonyl (C=O) groups is 1. The Hall–Kier alpha value is -1.65. The van der Waals surface area contributed by atoms with Crippen molar-refractivity contribution >= 4 is 21.9 Å². The zero-order chi connectivity index (χ0) is 17.1. The van der Waals surface area contributed by atoms with Crippen LogP contribution in [0.15, 0.2) is 53.0 Å². The van der Waals surface area contributed by atoms with Gasteiger partial charge in [-0.15, -0.1) is 0 Å². The number of piperidine rings is 1. The van der Waals surface area contributed by atoms with Gasteiger partial charge in [0.15, 0.2) is 0 Å². The van der Waals surface area contributed by atoms with Crippen LogP contribution in [0.4, 0.5) is 0 Å². The normalized spacial score (nSPS) is 19.8. The number of nitrogens with zero attached hydrogens (tertiary/aromatic N) is 1. The van der Waals surface area contributed by atoms with Crippen molar-refractivity contribution in [2.75, 3.05) is 6.54 Å². The minimum Gasteiger partial charge on any atom is -0.480 e. The van der Waals surface area contributed by atoms with Gasteiger partial charge >= 0.3 is 5.97 Å². The van der Waals surface area contributed by atoms with Crippen molar-refractivity contribution in [3.63, 3.8) is 0 Å². The number of rotatable bonds is 4. The van der Waals surface area contributed by atoms with Gasteiger partial charge in [-0.2, -0.15) is 0 Å². The number of carboxylic acid groups (broad SMARTS) is 1. The van der Waals surface area contributed by atoms with E-state index in [2.05, 4.69) is 52.0 Å². The Morgan fingerprint density at radius 2 is 2.00 bits per heavy atom. The highest BCUT2D eigenvalue weighted by atomic mass is 79.9. The molecule has 3 rings (SSSR count). The maximum Gasteiger partial charge on any atom is 0.320 e. The van der Waals surface area contributed by atoms with E-state index in [1.807, 2.05) is 24.3 Å². The standard InChI is InChI=1S/C20H22BrNO2/c1-14-7-6-8-15(13-14)19(16-9-2-3-10-17(16)21)22-12-5-4-11-18(22)20(23)24/h2-3,6-10,13,18-19H,4-5,11-12H2,1H3,(H,23,24). The largest absolute Gasteiger partial charge is 0.480 e. The molecule has 4 heteroatoms. The average molecular weight is 388 g/mol. The second kappa shape index (κ2) is 7.49. The quantitative estimate of drug-likeness (QED) is 0.819. The minimum absolute atomic E-state index is 0.0538. The summed E-state index contributed by atoms with van der Waals surface area (Å²) in [5, 5.41) is 9.72. The second-order valence-corrected chi connectivity index (χ2v) is 7.28. The van der Waals surface area contributed by atoms with E-state index in [-0.39, 0.29) is 6.04 Å². The third kappa shape index (κ3) is 3.55. The molecule has 0 aromatic heterocycles. The van der Waals surface area contributed by atoms with Gasteiger partial charge in [0, 0.05) is 4.47 Å². The van der Waals surface area contributed by atoms with E-state index in [9.17, 15) is 9.90 Å². The topological polar surface area (TPSA) is 40.5 Å². The minimum atomic E-state index is -0.723. The van der Waals surface area contributed by atoms with E-state index in [0.717, 1.165) is 35.0 Å². The maximum absolute atomic E-state index is 11.8. The molecule has 24 heavy (non-hydrogen) atoms. The molecule has 126 valence electrons. The van der Waals surface area contributed by atoms with Crippen LogP contribution in [0.3, 0.4) is 0 Å². The molecule has 1 aliphatic rings. The van der Waals surface area contributed by atoms with Gasteiger partial charge in [-0.25, -0.2) is 0 Å². The summed E-state index contributed by atoms with van der Waals surface area (Å²) in [5.41, 5.74) is 3.46. The predicted octanol–water partition coefficient (Wildman–Crippen LogP) is 4.79. The summed E-state index contributed by atoms with van der Waals surface area (Å²) in [6.45, 7) is 2.88. The number of aryl methyl sites for hydroxylation is 1. The third-order valence-electron chi connectivity index (χ3n) is 4.72. The fourth-order valence-electron chi connectivity index (χ4n) is 3.61. The van der Waals surface area contributed by atoms with Gasteiger partial charge in [-0.3, -0.25) is 9.69 Å². The zero-order valence-corrected chi connectivity index (χ0v) is 15.4. The summed E-state index contributed by atoms with van der Waals surface area (Å²) in [6.07, 6.45) is 2.72. The van der Waals surface area contributed by atoms with Crippen molar-refractivity contribution in [1.29, 1.82) is 0 Å². The predicted molar refractivity (Wildman–Crippen MR) is 99.1 cm³/mol. The van der Waals surface area contributed by atoms with Crippen LogP contribution >= 0.6 is 15.9 Å². The second-order valence-electron chi connectivity index (χ2n) is 6.43. The number of aliphatic carboxylic acids is 1. The van der Waals surface area contributed by atoms with Crippen LogP contribution < -0.4 is 0 Å². The molecular weight excluding hydrogens is 366 g/mol. The van der Waals surface area contributed by atoms with Crippen molar-refractivity contribution in [3.05, 3.63) is 69.7 Å². The number of benzene rings is 2. The summed E-state index contributed by atoms with van der Waals surface area (Å²) in [6, 6.07) is 16.0. The summed E-state index contributed by atoms with van der Waals surface area (Å²) in [4.78, 5) is 14.0. The first-order chi connectivity index (χ1) is 11.6. The van der Waals surface area contributed by atoms with Gasteiger partial charge in [0.25, 0.3) is 0 Å². The van der Waals surface area contributed by atoms with Crippen LogP contribution in [-0.2, 0) is 4.79 Å². The molecule has 0 bridgehead atoms. The van der Waals surface area contributed by atoms with Crippen LogP contribution in [0, 0.1) is 6.92 Å². The molecule has 1 aliphatic heterocycles. The van der Waals surface area contributed by atoms with E-state index in [0.29, 0.717) is 6.42 Å². The fraction of sp³-hybridized carbons (Fsp3) is 0.350. The average Bonchev–Trinajstić information content (AvgIpc) is 2.57. The van der Waals surface area contributed by atoms with E-state index in [4.69, 9.17) is 0 Å². The first-order valence-corrected chi connectivity index (χ1v) is 9.17. The number of hydrogen-bond donors (Lipinski definition) is 1. The maximum atomic E-state index is 11.8. The zero-order valence-electron chi connectivity index (χ0n) is 13.8. The van der Waals surface area contributed by atoms with Crippen molar-refractivity contribution in [3.8, 4) is 0 Å². The summed E-state index contributed by atoms with van der Waals surface area (Å²) >= 11 is 3.66. The van der Waals surface area contributed by atoms with Gasteiger partial charge < -0.3 is 5.11 Å². The molecule has 0 amide bonds. The monoisotopic (exact) mass is 387 g/mol. The van der Waals surface area contributed by atoms with Crippen LogP contribution in [0.2, 0.25) is 0 Å². The molecule has 2 aromatic rings. The molecule has 1 N–H and O–H groups in total. The molecule has 2 aromatic carbocycles. The van der Waals surface area contributed by atoms with E-state index < -0.39 is 12.0 Å². The van der Waals surface area contributed by atoms with E-state index in [1.165, 1.54) is 5.56 Å². The van der Waals surface area contributed by atoms with E-state index >= 15 is 0 Å². The Labute approximate surface area is 151 Å². The lowest BCUT2D eigenvalue weighted by molar-refractivity contribution is -0.145. The Morgan fingerprint density at radius 3 is 2.71 bits per heavy atom. The highest BCUT2D eigenvalue weighted by Crippen LogP contribution is 2.37. The highest BCUT2D eigenvalue weighted by molar-refractivity contribution is 9.10. The first-order valence-electron chi connectivity index (χ1n) is 8.37. The fourth-order valence-corrected chi connectivity index (χ4v) is 4.12. The smallest absolute Gasteiger partial charge is 0.320 e. The van der Waals surface area contributed by atoms with Crippen LogP contribution in [0.5, 0.6) is 0 Å². The SMILES string of the molecule is Cc1cccc(C(c2ccccc2Br)N2CCCCC2C(=O)O)c1. The highest BCUT2D eigenvalue weighted by Gasteiger charge is 2.35. The van der Waals surface area contributed by atoms with Gasteiger partial charge in [0.1, 0.15) is 6.04 Å². The first kappa shape index (κ1) is 17.2. The molecule has 1 heterocycles. The molecule has 1 fully saturated rings. The number of likely N-dealkylation sites (tertiary alicyclic amines) is 1.